The van der Waals surface area contributed by atoms with Crippen molar-refractivity contribution in [2.45, 2.75) is 71.3 Å². The van der Waals surface area contributed by atoms with E-state index in [9.17, 15) is 9.59 Å². The molecule has 0 spiro atoms. The second-order valence-corrected chi connectivity index (χ2v) is 9.28. The molecule has 134 valence electrons. The highest BCUT2D eigenvalue weighted by Gasteiger charge is 2.61. The molecule has 4 rings (SSSR count). The van der Waals surface area contributed by atoms with Crippen molar-refractivity contribution < 1.29 is 14.3 Å². The first kappa shape index (κ1) is 16.4. The summed E-state index contributed by atoms with van der Waals surface area (Å²) in [4.78, 5) is 24.1. The van der Waals surface area contributed by atoms with Gasteiger partial charge in [-0.2, -0.15) is 0 Å². The second-order valence-electron chi connectivity index (χ2n) is 9.28. The smallest absolute Gasteiger partial charge is 0.309 e. The predicted molar refractivity (Wildman–Crippen MR) is 91.1 cm³/mol. The molecule has 0 bridgehead atoms. The minimum atomic E-state index is 0.00303. The Morgan fingerprint density at radius 2 is 1.79 bits per heavy atom. The SMILES string of the molecule is COC(=O)[C@H]1CC[C@H]2[C@@H]3CC[C@H]4NC(=O)CC[C@]4(C)C3CC[C@]12C. The normalized spacial score (nSPS) is 50.3. The highest BCUT2D eigenvalue weighted by atomic mass is 16.5. The monoisotopic (exact) mass is 333 g/mol. The van der Waals surface area contributed by atoms with Gasteiger partial charge < -0.3 is 10.1 Å². The van der Waals surface area contributed by atoms with E-state index in [4.69, 9.17) is 4.74 Å². The molecular formula is C20H31NO3. The van der Waals surface area contributed by atoms with Gasteiger partial charge in [0, 0.05) is 12.5 Å². The Hall–Kier alpha value is -1.06. The number of carbonyl (C=O) groups excluding carboxylic acids is 2. The van der Waals surface area contributed by atoms with Gasteiger partial charge in [-0.1, -0.05) is 13.8 Å². The van der Waals surface area contributed by atoms with Crippen LogP contribution in [0.25, 0.3) is 0 Å². The maximum Gasteiger partial charge on any atom is 0.309 e. The van der Waals surface area contributed by atoms with Crippen LogP contribution in [0.2, 0.25) is 0 Å². The first-order valence-corrected chi connectivity index (χ1v) is 9.77. The van der Waals surface area contributed by atoms with Crippen LogP contribution < -0.4 is 5.32 Å². The lowest BCUT2D eigenvalue weighted by Gasteiger charge is -2.60. The topological polar surface area (TPSA) is 55.4 Å². The van der Waals surface area contributed by atoms with Crippen LogP contribution in [0.5, 0.6) is 0 Å². The van der Waals surface area contributed by atoms with Gasteiger partial charge in [-0.05, 0) is 73.5 Å². The number of amides is 1. The molecule has 1 unspecified atom stereocenters. The third-order valence-electron chi connectivity index (χ3n) is 8.58. The zero-order valence-corrected chi connectivity index (χ0v) is 15.3. The second kappa shape index (κ2) is 5.47. The van der Waals surface area contributed by atoms with E-state index in [1.807, 2.05) is 0 Å². The molecule has 1 aliphatic heterocycles. The predicted octanol–water partition coefficient (Wildman–Crippen LogP) is 3.30. The summed E-state index contributed by atoms with van der Waals surface area (Å²) in [6, 6.07) is 0.363. The van der Waals surface area contributed by atoms with Crippen LogP contribution in [-0.2, 0) is 14.3 Å². The van der Waals surface area contributed by atoms with Crippen LogP contribution in [0.3, 0.4) is 0 Å². The van der Waals surface area contributed by atoms with Crippen LogP contribution in [0.1, 0.15) is 65.2 Å². The van der Waals surface area contributed by atoms with Gasteiger partial charge in [0.05, 0.1) is 13.0 Å². The lowest BCUT2D eigenvalue weighted by Crippen LogP contribution is -2.61. The number of nitrogens with one attached hydrogen (secondary N) is 1. The Kier molecular flexibility index (Phi) is 3.74. The summed E-state index contributed by atoms with van der Waals surface area (Å²) in [5.41, 5.74) is 0.372. The van der Waals surface area contributed by atoms with E-state index in [0.717, 1.165) is 31.6 Å². The van der Waals surface area contributed by atoms with E-state index >= 15 is 0 Å². The summed E-state index contributed by atoms with van der Waals surface area (Å²) in [5.74, 6) is 2.40. The lowest BCUT2D eigenvalue weighted by atomic mass is 9.47. The molecule has 0 aromatic rings. The van der Waals surface area contributed by atoms with E-state index in [1.54, 1.807) is 0 Å². The van der Waals surface area contributed by atoms with Gasteiger partial charge in [0.2, 0.25) is 5.91 Å². The van der Waals surface area contributed by atoms with Crippen molar-refractivity contribution in [1.29, 1.82) is 0 Å². The molecule has 24 heavy (non-hydrogen) atoms. The number of piperidine rings is 1. The van der Waals surface area contributed by atoms with E-state index in [1.165, 1.54) is 26.4 Å². The summed E-state index contributed by atoms with van der Waals surface area (Å²) in [7, 11) is 1.53. The van der Waals surface area contributed by atoms with E-state index in [-0.39, 0.29) is 28.6 Å². The Bertz CT molecular complexity index is 561. The number of fused-ring (bicyclic) bond motifs is 5. The number of carbonyl (C=O) groups is 2. The fourth-order valence-corrected chi connectivity index (χ4v) is 7.23. The summed E-state index contributed by atoms with van der Waals surface area (Å²) in [6.45, 7) is 4.77. The van der Waals surface area contributed by atoms with Crippen molar-refractivity contribution in [2.75, 3.05) is 7.11 Å². The molecule has 0 radical (unpaired) electrons. The van der Waals surface area contributed by atoms with Crippen LogP contribution >= 0.6 is 0 Å². The van der Waals surface area contributed by atoms with Gasteiger partial charge in [-0.15, -0.1) is 0 Å². The van der Waals surface area contributed by atoms with Crippen LogP contribution in [0.4, 0.5) is 0 Å². The molecule has 1 heterocycles. The maximum atomic E-state index is 12.3. The number of hydrogen-bond acceptors (Lipinski definition) is 3. The van der Waals surface area contributed by atoms with Crippen LogP contribution in [0.15, 0.2) is 0 Å². The Morgan fingerprint density at radius 1 is 1.04 bits per heavy atom. The van der Waals surface area contributed by atoms with Gasteiger partial charge in [0.15, 0.2) is 0 Å². The maximum absolute atomic E-state index is 12.3. The molecule has 4 heteroatoms. The standard InChI is InChI=1S/C20H31NO3/c1-19-10-8-14-12(13(19)5-6-15(19)18(23)24-3)4-7-16-20(14,2)11-9-17(22)21-16/h12-16H,4-11H2,1-3H3,(H,21,22)/t12-,13-,14?,15+,16+,19-,20+/m0/s1. The van der Waals surface area contributed by atoms with Crippen LogP contribution in [-0.4, -0.2) is 25.0 Å². The average molecular weight is 333 g/mol. The Balaban J connectivity index is 1.61. The highest BCUT2D eigenvalue weighted by Crippen LogP contribution is 2.65. The third kappa shape index (κ3) is 2.10. The van der Waals surface area contributed by atoms with Crippen molar-refractivity contribution in [3.63, 3.8) is 0 Å². The molecule has 1 amide bonds. The Labute approximate surface area is 145 Å². The molecule has 0 aromatic heterocycles. The summed E-state index contributed by atoms with van der Waals surface area (Å²) in [5, 5.41) is 3.28. The van der Waals surface area contributed by atoms with Gasteiger partial charge in [0.1, 0.15) is 0 Å². The largest absolute Gasteiger partial charge is 0.469 e. The van der Waals surface area contributed by atoms with Gasteiger partial charge in [0.25, 0.3) is 0 Å². The quantitative estimate of drug-likeness (QED) is 0.749. The first-order valence-electron chi connectivity index (χ1n) is 9.77. The molecule has 1 N–H and O–H groups in total. The third-order valence-corrected chi connectivity index (χ3v) is 8.58. The number of esters is 1. The molecule has 3 saturated carbocycles. The molecule has 4 aliphatic rings. The fraction of sp³-hybridized carbons (Fsp3) is 0.900. The number of ether oxygens (including phenoxy) is 1. The fourth-order valence-electron chi connectivity index (χ4n) is 7.23. The molecule has 7 atom stereocenters. The molecular weight excluding hydrogens is 302 g/mol. The molecule has 4 nitrogen and oxygen atoms in total. The summed E-state index contributed by atoms with van der Waals surface area (Å²) >= 11 is 0. The van der Waals surface area contributed by atoms with Crippen LogP contribution in [0, 0.1) is 34.5 Å². The minimum Gasteiger partial charge on any atom is -0.469 e. The number of rotatable bonds is 1. The van der Waals surface area contributed by atoms with Crippen molar-refractivity contribution in [3.8, 4) is 0 Å². The number of methoxy groups -OCH3 is 1. The van der Waals surface area contributed by atoms with E-state index < -0.39 is 0 Å². The van der Waals surface area contributed by atoms with E-state index in [0.29, 0.717) is 24.3 Å². The zero-order valence-electron chi connectivity index (χ0n) is 15.3. The van der Waals surface area contributed by atoms with Crippen molar-refractivity contribution in [1.82, 2.24) is 5.32 Å². The lowest BCUT2D eigenvalue weighted by molar-refractivity contribution is -0.155. The molecule has 0 aromatic carbocycles. The molecule has 1 saturated heterocycles. The van der Waals surface area contributed by atoms with Gasteiger partial charge >= 0.3 is 5.97 Å². The zero-order chi connectivity index (χ0) is 17.1. The summed E-state index contributed by atoms with van der Waals surface area (Å²) < 4.78 is 5.12. The average Bonchev–Trinajstić information content (AvgIpc) is 2.92. The number of hydrogen-bond donors (Lipinski definition) is 1. The first-order chi connectivity index (χ1) is 11.4. The van der Waals surface area contributed by atoms with Crippen molar-refractivity contribution in [2.24, 2.45) is 34.5 Å². The summed E-state index contributed by atoms with van der Waals surface area (Å²) in [6.07, 6.45) is 8.54. The van der Waals surface area contributed by atoms with Crippen molar-refractivity contribution in [3.05, 3.63) is 0 Å². The molecule has 4 fully saturated rings. The van der Waals surface area contributed by atoms with E-state index in [2.05, 4.69) is 19.2 Å². The minimum absolute atomic E-state index is 0.00303. The van der Waals surface area contributed by atoms with Crippen molar-refractivity contribution >= 4 is 11.9 Å². The van der Waals surface area contributed by atoms with Gasteiger partial charge in [-0.25, -0.2) is 0 Å². The Morgan fingerprint density at radius 3 is 2.54 bits per heavy atom. The highest BCUT2D eigenvalue weighted by molar-refractivity contribution is 5.77. The molecule has 3 aliphatic carbocycles. The van der Waals surface area contributed by atoms with Gasteiger partial charge in [-0.3, -0.25) is 9.59 Å².